The Kier molecular flexibility index (Phi) is 14.4. The van der Waals surface area contributed by atoms with E-state index in [1.54, 1.807) is 4.90 Å². The summed E-state index contributed by atoms with van der Waals surface area (Å²) in [6.45, 7) is 8.67. The van der Waals surface area contributed by atoms with Crippen LogP contribution in [0.15, 0.2) is 85.1 Å². The van der Waals surface area contributed by atoms with Crippen LogP contribution in [0.2, 0.25) is 0 Å². The molecule has 13 heteroatoms. The van der Waals surface area contributed by atoms with Crippen LogP contribution >= 0.6 is 0 Å². The molecule has 4 amide bonds. The van der Waals surface area contributed by atoms with Gasteiger partial charge in [-0.3, -0.25) is 19.2 Å². The Morgan fingerprint density at radius 1 is 0.783 bits per heavy atom. The molecule has 1 unspecified atom stereocenters. The lowest BCUT2D eigenvalue weighted by atomic mass is 9.85. The number of carbonyl (C=O) groups is 5. The van der Waals surface area contributed by atoms with Gasteiger partial charge in [0.2, 0.25) is 17.7 Å². The van der Waals surface area contributed by atoms with Gasteiger partial charge in [-0.1, -0.05) is 94.4 Å². The number of hydrogen-bond donors (Lipinski definition) is 3. The molecule has 13 nitrogen and oxygen atoms in total. The molecule has 0 spiro atoms. The number of nitrogens with one attached hydrogen (secondary N) is 3. The number of rotatable bonds is 15. The van der Waals surface area contributed by atoms with Crippen molar-refractivity contribution in [3.05, 3.63) is 108 Å². The molecule has 1 aromatic heterocycles. The molecule has 318 valence electrons. The second kappa shape index (κ2) is 19.8. The molecule has 5 atom stereocenters. The molecule has 60 heavy (non-hydrogen) atoms. The van der Waals surface area contributed by atoms with E-state index in [0.29, 0.717) is 31.6 Å². The molecular weight excluding hydrogens is 761 g/mol. The first-order valence-corrected chi connectivity index (χ1v) is 21.0. The minimum absolute atomic E-state index is 0.00748. The predicted molar refractivity (Wildman–Crippen MR) is 229 cm³/mol. The van der Waals surface area contributed by atoms with Crippen molar-refractivity contribution in [2.24, 2.45) is 17.8 Å². The van der Waals surface area contributed by atoms with Crippen LogP contribution in [0.1, 0.15) is 94.3 Å². The maximum Gasteiger partial charge on any atom is 0.407 e. The van der Waals surface area contributed by atoms with Crippen LogP contribution in [0.5, 0.6) is 0 Å². The van der Waals surface area contributed by atoms with Gasteiger partial charge in [0, 0.05) is 24.7 Å². The summed E-state index contributed by atoms with van der Waals surface area (Å²) >= 11 is 0. The van der Waals surface area contributed by atoms with Crippen LogP contribution in [0.25, 0.3) is 11.3 Å². The van der Waals surface area contributed by atoms with E-state index in [4.69, 9.17) is 14.5 Å². The summed E-state index contributed by atoms with van der Waals surface area (Å²) in [5.41, 5.74) is 5.90. The molecule has 2 fully saturated rings. The van der Waals surface area contributed by atoms with Gasteiger partial charge in [-0.2, -0.15) is 0 Å². The smallest absolute Gasteiger partial charge is 0.407 e. The number of aromatic nitrogens is 2. The highest BCUT2D eigenvalue weighted by Gasteiger charge is 2.40. The average molecular weight is 819 g/mol. The number of benzene rings is 3. The summed E-state index contributed by atoms with van der Waals surface area (Å²) in [6.07, 6.45) is 4.80. The third-order valence-electron chi connectivity index (χ3n) is 11.9. The molecule has 3 N–H and O–H groups in total. The van der Waals surface area contributed by atoms with Gasteiger partial charge in [0.05, 0.1) is 44.5 Å². The Labute approximate surface area is 352 Å². The van der Waals surface area contributed by atoms with Crippen LogP contribution in [0.4, 0.5) is 10.5 Å². The number of alkyl carbamates (subject to hydrolysis) is 1. The first-order chi connectivity index (χ1) is 28.9. The highest BCUT2D eigenvalue weighted by molar-refractivity contribution is 5.98. The van der Waals surface area contributed by atoms with Crippen molar-refractivity contribution in [1.29, 1.82) is 0 Å². The Hall–Kier alpha value is -5.98. The highest BCUT2D eigenvalue weighted by atomic mass is 16.5. The van der Waals surface area contributed by atoms with Crippen LogP contribution in [-0.4, -0.2) is 88.9 Å². The number of hydrogen-bond acceptors (Lipinski definition) is 8. The Morgan fingerprint density at radius 3 is 2.10 bits per heavy atom. The maximum absolute atomic E-state index is 13.7. The van der Waals surface area contributed by atoms with Crippen molar-refractivity contribution in [1.82, 2.24) is 25.1 Å². The number of methoxy groups -OCH3 is 2. The molecule has 3 heterocycles. The van der Waals surface area contributed by atoms with Gasteiger partial charge in [-0.25, -0.2) is 9.78 Å². The van der Waals surface area contributed by atoms with Crippen molar-refractivity contribution in [2.75, 3.05) is 32.6 Å². The van der Waals surface area contributed by atoms with Gasteiger partial charge in [-0.15, -0.1) is 0 Å². The quantitative estimate of drug-likeness (QED) is 0.106. The van der Waals surface area contributed by atoms with Crippen molar-refractivity contribution >= 4 is 35.5 Å². The van der Waals surface area contributed by atoms with Gasteiger partial charge in [0.1, 0.15) is 17.9 Å². The summed E-state index contributed by atoms with van der Waals surface area (Å²) < 4.78 is 9.61. The monoisotopic (exact) mass is 818 g/mol. The number of esters is 1. The Balaban J connectivity index is 1.13. The van der Waals surface area contributed by atoms with Crippen LogP contribution in [-0.2, 0) is 35.1 Å². The second-order valence-corrected chi connectivity index (χ2v) is 16.5. The van der Waals surface area contributed by atoms with E-state index in [9.17, 15) is 24.0 Å². The van der Waals surface area contributed by atoms with Gasteiger partial charge in [0.15, 0.2) is 0 Å². The lowest BCUT2D eigenvalue weighted by Crippen LogP contribution is -2.54. The number of anilines is 1. The van der Waals surface area contributed by atoms with E-state index in [1.807, 2.05) is 81.3 Å². The third kappa shape index (κ3) is 10.2. The predicted octanol–water partition coefficient (Wildman–Crippen LogP) is 7.26. The largest absolute Gasteiger partial charge is 0.469 e. The normalized spacial score (nSPS) is 17.9. The number of aromatic amines is 1. The van der Waals surface area contributed by atoms with Crippen molar-refractivity contribution in [3.63, 3.8) is 0 Å². The lowest BCUT2D eigenvalue weighted by Gasteiger charge is -2.30. The van der Waals surface area contributed by atoms with Crippen LogP contribution in [0, 0.1) is 17.8 Å². The SMILES string of the molecule is COC(=O)C[C@H](C(=O)N1CCC[C@H]1c1ncc(-c2ccc(C(Cc3ccc(NC(=O)[C@@H]4CCCN4C(=O)[C@@H](NC(=O)OC)C(C)C)cc3)c3ccccc3)cc2)[nH]1)C(C)C. The number of imidazole rings is 1. The Morgan fingerprint density at radius 2 is 1.45 bits per heavy atom. The molecule has 0 aliphatic carbocycles. The molecular formula is C47H58N6O7. The van der Waals surface area contributed by atoms with E-state index in [2.05, 4.69) is 52.0 Å². The molecule has 2 saturated heterocycles. The minimum Gasteiger partial charge on any atom is -0.469 e. The highest BCUT2D eigenvalue weighted by Crippen LogP contribution is 2.36. The molecule has 6 rings (SSSR count). The van der Waals surface area contributed by atoms with E-state index in [0.717, 1.165) is 47.5 Å². The molecule has 0 bridgehead atoms. The molecule has 4 aromatic rings. The summed E-state index contributed by atoms with van der Waals surface area (Å²) in [4.78, 5) is 76.4. The standard InChI is InChI=1S/C47H58N6O7/c1-29(2)36(27-41(54)59-5)45(56)52-24-10-14-39(52)43-48-28-38(50-43)34-20-18-33(19-21-34)37(32-12-8-7-9-13-32)26-31-16-22-35(23-17-31)49-44(55)40-15-11-25-53(40)46(57)42(30(3)4)51-47(58)60-6/h7-9,12-13,16-23,28-30,36-37,39-40,42H,10-11,14-15,24-27H2,1-6H3,(H,48,50)(H,49,55)(H,51,58)/t36-,37?,39-,40-,42-/m0/s1. The van der Waals surface area contributed by atoms with Crippen molar-refractivity contribution < 1.29 is 33.4 Å². The van der Waals surface area contributed by atoms with Gasteiger partial charge in [0.25, 0.3) is 0 Å². The minimum atomic E-state index is -0.798. The topological polar surface area (TPSA) is 163 Å². The number of nitrogens with zero attached hydrogens (tertiary/aromatic N) is 3. The van der Waals surface area contributed by atoms with E-state index < -0.39 is 24.1 Å². The van der Waals surface area contributed by atoms with E-state index in [1.165, 1.54) is 19.8 Å². The number of H-pyrrole nitrogens is 1. The number of carbonyl (C=O) groups excluding carboxylic acids is 5. The summed E-state index contributed by atoms with van der Waals surface area (Å²) in [6, 6.07) is 25.1. The molecule has 2 aliphatic rings. The fourth-order valence-electron chi connectivity index (χ4n) is 8.43. The Bertz CT molecular complexity index is 2100. The zero-order valence-electron chi connectivity index (χ0n) is 35.5. The maximum atomic E-state index is 13.7. The zero-order chi connectivity index (χ0) is 42.9. The van der Waals surface area contributed by atoms with Crippen LogP contribution < -0.4 is 10.6 Å². The van der Waals surface area contributed by atoms with Crippen molar-refractivity contribution in [3.8, 4) is 11.3 Å². The second-order valence-electron chi connectivity index (χ2n) is 16.5. The summed E-state index contributed by atoms with van der Waals surface area (Å²) in [5.74, 6) is -0.826. The molecule has 0 saturated carbocycles. The van der Waals surface area contributed by atoms with Gasteiger partial charge < -0.3 is 34.9 Å². The molecule has 2 aliphatic heterocycles. The van der Waals surface area contributed by atoms with Gasteiger partial charge in [-0.05, 0) is 78.3 Å². The first kappa shape index (κ1) is 43.6. The summed E-state index contributed by atoms with van der Waals surface area (Å²) in [7, 11) is 2.60. The third-order valence-corrected chi connectivity index (χ3v) is 11.9. The fourth-order valence-corrected chi connectivity index (χ4v) is 8.43. The first-order valence-electron chi connectivity index (χ1n) is 21.0. The zero-order valence-corrected chi connectivity index (χ0v) is 35.5. The number of likely N-dealkylation sites (tertiary alicyclic amines) is 2. The van der Waals surface area contributed by atoms with Gasteiger partial charge >= 0.3 is 12.1 Å². The number of ether oxygens (including phenoxy) is 2. The fraction of sp³-hybridized carbons (Fsp3) is 0.447. The number of amides is 4. The lowest BCUT2D eigenvalue weighted by molar-refractivity contribution is -0.148. The summed E-state index contributed by atoms with van der Waals surface area (Å²) in [5, 5.41) is 5.63. The van der Waals surface area contributed by atoms with E-state index >= 15 is 0 Å². The molecule has 3 aromatic carbocycles. The van der Waals surface area contributed by atoms with E-state index in [-0.39, 0.29) is 53.9 Å². The van der Waals surface area contributed by atoms with Crippen molar-refractivity contribution in [2.45, 2.75) is 90.3 Å². The molecule has 0 radical (unpaired) electrons. The average Bonchev–Trinajstić information content (AvgIpc) is 4.06. The van der Waals surface area contributed by atoms with Crippen LogP contribution in [0.3, 0.4) is 0 Å².